The second kappa shape index (κ2) is 50.6. The molecule has 5 aromatic carbocycles. The molecule has 15 aromatic rings. The third-order valence-electron chi connectivity index (χ3n) is 25.9. The zero-order valence-electron chi connectivity index (χ0n) is 83.5. The first-order chi connectivity index (χ1) is 68.5. The van der Waals surface area contributed by atoms with Gasteiger partial charge in [0.25, 0.3) is 29.5 Å². The Kier molecular flexibility index (Phi) is 37.1. The summed E-state index contributed by atoms with van der Waals surface area (Å²) in [4.78, 5) is 121. The van der Waals surface area contributed by atoms with Crippen molar-refractivity contribution in [3.05, 3.63) is 292 Å². The lowest BCUT2D eigenvalue weighted by atomic mass is 10.1. The maximum Gasteiger partial charge on any atom is 0.258 e. The molecule has 0 radical (unpaired) electrons. The minimum atomic E-state index is -1.13. The summed E-state index contributed by atoms with van der Waals surface area (Å²) in [5.74, 6) is 3.79. The highest BCUT2D eigenvalue weighted by molar-refractivity contribution is 6.31. The number of methoxy groups -OCH3 is 1. The van der Waals surface area contributed by atoms with Crippen LogP contribution in [-0.4, -0.2) is 167 Å². The van der Waals surface area contributed by atoms with Gasteiger partial charge in [-0.1, -0.05) is 179 Å². The molecule has 0 aliphatic heterocycles. The van der Waals surface area contributed by atoms with Crippen LogP contribution in [0.5, 0.6) is 5.75 Å². The van der Waals surface area contributed by atoms with Gasteiger partial charge in [0.2, 0.25) is 0 Å². The molecular formula is C112H135ClF2N20O6. The third kappa shape index (κ3) is 26.8. The summed E-state index contributed by atoms with van der Waals surface area (Å²) in [6, 6.07) is 55.7. The van der Waals surface area contributed by atoms with Gasteiger partial charge in [0.05, 0.1) is 51.0 Å². The van der Waals surface area contributed by atoms with Crippen molar-refractivity contribution in [2.45, 2.75) is 249 Å². The van der Waals surface area contributed by atoms with Gasteiger partial charge < -0.3 is 52.1 Å². The quantitative estimate of drug-likeness (QED) is 0.0328. The molecule has 0 N–H and O–H groups in total. The van der Waals surface area contributed by atoms with Gasteiger partial charge in [-0.3, -0.25) is 24.0 Å². The molecule has 3 aliphatic rings. The van der Waals surface area contributed by atoms with E-state index in [4.69, 9.17) is 36.3 Å². The normalized spacial score (nSPS) is 13.1. The molecule has 29 heteroatoms. The molecule has 3 fully saturated rings. The first-order valence-electron chi connectivity index (χ1n) is 50.4. The predicted molar refractivity (Wildman–Crippen MR) is 552 cm³/mol. The number of para-hydroxylation sites is 1. The van der Waals surface area contributed by atoms with Crippen LogP contribution in [0.4, 0.5) is 8.78 Å². The Morgan fingerprint density at radius 2 is 0.830 bits per heavy atom. The fourth-order valence-electron chi connectivity index (χ4n) is 18.6. The van der Waals surface area contributed by atoms with E-state index in [0.717, 1.165) is 212 Å². The number of aryl methyl sites for hydroxylation is 3. The van der Waals surface area contributed by atoms with Crippen molar-refractivity contribution >= 4 is 97.0 Å². The Balaban J connectivity index is 0.000000140. The van der Waals surface area contributed by atoms with Crippen LogP contribution in [0.1, 0.15) is 276 Å². The van der Waals surface area contributed by atoms with E-state index in [1.165, 1.54) is 55.6 Å². The molecule has 26 nitrogen and oxygen atoms in total. The van der Waals surface area contributed by atoms with Gasteiger partial charge in [0.15, 0.2) is 39.9 Å². The van der Waals surface area contributed by atoms with Crippen molar-refractivity contribution in [3.63, 3.8) is 0 Å². The van der Waals surface area contributed by atoms with Gasteiger partial charge in [-0.15, -0.1) is 0 Å². The Labute approximate surface area is 831 Å². The molecule has 0 saturated heterocycles. The van der Waals surface area contributed by atoms with Crippen molar-refractivity contribution in [1.29, 1.82) is 0 Å². The minimum absolute atomic E-state index is 0.00610. The fraction of sp³-hybridized carbons (Fsp3) is 0.420. The number of aromatic nitrogens is 15. The number of carbonyl (C=O) groups is 5. The Morgan fingerprint density at radius 3 is 1.30 bits per heavy atom. The number of nitrogens with zero attached hydrogens (tertiary/aromatic N) is 20. The molecule has 18 rings (SSSR count). The van der Waals surface area contributed by atoms with E-state index in [9.17, 15) is 32.8 Å². The molecule has 0 spiro atoms. The second-order valence-corrected chi connectivity index (χ2v) is 38.3. The number of halogens is 3. The third-order valence-corrected chi connectivity index (χ3v) is 26.1. The van der Waals surface area contributed by atoms with E-state index < -0.39 is 17.5 Å². The van der Waals surface area contributed by atoms with Crippen LogP contribution in [0.2, 0.25) is 5.02 Å². The lowest BCUT2D eigenvalue weighted by Crippen LogP contribution is -2.35. The summed E-state index contributed by atoms with van der Waals surface area (Å²) in [6.45, 7) is 26.7. The number of rotatable bonds is 37. The summed E-state index contributed by atoms with van der Waals surface area (Å²) in [7, 11) is 3.16. The van der Waals surface area contributed by atoms with Crippen molar-refractivity contribution in [3.8, 4) is 5.75 Å². The number of fused-ring (bicyclic) bond motifs is 5. The topological polar surface area (TPSA) is 264 Å². The number of ether oxygens (including phenoxy) is 1. The zero-order chi connectivity index (χ0) is 99.4. The first kappa shape index (κ1) is 103. The standard InChI is InChI=1S/C24H29ClN4O.C24H30N4O2.C23H30N4O.C22H28N4O.C19H18F2N4O/c1-2-3-6-15-28(24(30)18-9-7-10-19(25)16-18)17-22-27-21-13-8-14-26-23(21)29(22)20-11-4-5-12-20;1-17(2)15-27(24(29)19-11-6-7-13-21(19)30-3)16-22-26-20-12-8-14-25-23(20)28(22)18-9-4-5-10-18;1-4-6-7-15-26(23(28)19-11-8-10-18(3)16-19)17-21-25-20-12-9-13-24-22(20)27(21)14-5-2;1-4-14-26-20(24-19-11-8-13-23-21(19)26)16-25(15-12-17(2)3)22(27)18-9-6-5-7-10-18;1-24(19(26)13-4-2-5-14(20)17(13)21)11-16-23-15-6-3-9-22-18(15)25(16)10-12-7-8-12/h7-10,13-14,16,20H,2-6,11-12,15,17H2,1H3;6-8,11-14,17-18H,4-5,9-10,15-16H2,1-3H3;8-13,16H,4-7,14-15,17H2,1-3H3;5-11,13,17H,4,12,14-16H2,1-3H3;2-6,9,12H,7-8,10-11H2,1H3. The van der Waals surface area contributed by atoms with Crippen LogP contribution in [0.25, 0.3) is 55.8 Å². The summed E-state index contributed by atoms with van der Waals surface area (Å²) in [6.07, 6.45) is 30.2. The number of hydrogen-bond donors (Lipinski definition) is 0. The number of carbonyl (C=O) groups excluding carboxylic acids is 5. The fourth-order valence-corrected chi connectivity index (χ4v) is 18.8. The van der Waals surface area contributed by atoms with Crippen molar-refractivity contribution in [1.82, 2.24) is 97.2 Å². The lowest BCUT2D eigenvalue weighted by molar-refractivity contribution is 0.0708. The Bertz CT molecular complexity index is 6670. The SMILES string of the molecule is CCCCCN(Cc1nc2cccnc2n1C1CCCC1)C(=O)c1cccc(Cl)c1.CCCCCN(Cc1nc2cccnc2n1CCC)C(=O)c1cccc(C)c1.CCCn1c(CN(CCC(C)C)C(=O)c2ccccc2)nc2cccnc21.CN(Cc1nc2cccnc2n1CC1CC1)C(=O)c1cccc(F)c1F.COc1ccccc1C(=O)N(Cc1nc2cccnc2n1C1CCCC1)CC(C)C. The highest BCUT2D eigenvalue weighted by Gasteiger charge is 2.33. The monoisotopic (exact) mass is 1930 g/mol. The summed E-state index contributed by atoms with van der Waals surface area (Å²) in [5.41, 5.74) is 12.3. The van der Waals surface area contributed by atoms with E-state index in [2.05, 4.69) is 104 Å². The van der Waals surface area contributed by atoms with E-state index in [-0.39, 0.29) is 35.7 Å². The lowest BCUT2D eigenvalue weighted by Gasteiger charge is -2.26. The smallest absolute Gasteiger partial charge is 0.258 e. The molecular weight excluding hydrogens is 1790 g/mol. The molecule has 0 atom stereocenters. The molecule has 141 heavy (non-hydrogen) atoms. The molecule has 5 amide bonds. The van der Waals surface area contributed by atoms with Crippen LogP contribution in [0.3, 0.4) is 0 Å². The summed E-state index contributed by atoms with van der Waals surface area (Å²) >= 11 is 6.15. The predicted octanol–water partition coefficient (Wildman–Crippen LogP) is 23.8. The number of amides is 5. The molecule has 3 aliphatic carbocycles. The molecule has 0 unspecified atom stereocenters. The Hall–Kier alpha value is -13.5. The van der Waals surface area contributed by atoms with Gasteiger partial charge in [-0.2, -0.15) is 0 Å². The first-order valence-corrected chi connectivity index (χ1v) is 50.8. The molecule has 10 aromatic heterocycles. The van der Waals surface area contributed by atoms with E-state index >= 15 is 0 Å². The van der Waals surface area contributed by atoms with Gasteiger partial charge in [0, 0.05) is 118 Å². The largest absolute Gasteiger partial charge is 0.496 e. The summed E-state index contributed by atoms with van der Waals surface area (Å²) in [5, 5.41) is 0.580. The molecule has 740 valence electrons. The van der Waals surface area contributed by atoms with Crippen LogP contribution in [0.15, 0.2) is 213 Å². The van der Waals surface area contributed by atoms with Crippen molar-refractivity contribution in [2.75, 3.05) is 40.3 Å². The molecule has 10 heterocycles. The highest BCUT2D eigenvalue weighted by atomic mass is 35.5. The van der Waals surface area contributed by atoms with E-state index in [0.29, 0.717) is 103 Å². The number of benzene rings is 5. The minimum Gasteiger partial charge on any atom is -0.496 e. The van der Waals surface area contributed by atoms with Crippen LogP contribution < -0.4 is 4.74 Å². The number of pyridine rings is 5. The number of imidazole rings is 5. The number of hydrogen-bond acceptors (Lipinski definition) is 16. The van der Waals surface area contributed by atoms with Crippen molar-refractivity contribution in [2.24, 2.45) is 17.8 Å². The van der Waals surface area contributed by atoms with Gasteiger partial charge in [-0.25, -0.2) is 58.6 Å². The summed E-state index contributed by atoms with van der Waals surface area (Å²) < 4.78 is 43.7. The van der Waals surface area contributed by atoms with Gasteiger partial charge >= 0.3 is 0 Å². The second-order valence-electron chi connectivity index (χ2n) is 37.9. The molecule has 3 saturated carbocycles. The van der Waals surface area contributed by atoms with Crippen LogP contribution in [-0.2, 0) is 52.4 Å². The van der Waals surface area contributed by atoms with E-state index in [1.54, 1.807) is 44.9 Å². The van der Waals surface area contributed by atoms with Crippen molar-refractivity contribution < 1.29 is 37.5 Å². The number of unbranched alkanes of at least 4 members (excludes halogenated alkanes) is 4. The zero-order valence-corrected chi connectivity index (χ0v) is 84.3. The maximum absolute atomic E-state index is 13.9. The average Bonchev–Trinajstić information content (AvgIpc) is 1.63. The van der Waals surface area contributed by atoms with Gasteiger partial charge in [-0.05, 0) is 223 Å². The average molecular weight is 1930 g/mol. The van der Waals surface area contributed by atoms with E-state index in [1.807, 2.05) is 195 Å². The Morgan fingerprint density at radius 1 is 0.411 bits per heavy atom. The highest BCUT2D eigenvalue weighted by Crippen LogP contribution is 2.38. The van der Waals surface area contributed by atoms with Crippen LogP contribution >= 0.6 is 11.6 Å². The van der Waals surface area contributed by atoms with Gasteiger partial charge in [0.1, 0.15) is 62.5 Å². The maximum atomic E-state index is 13.9. The molecule has 0 bridgehead atoms. The van der Waals surface area contributed by atoms with Crippen LogP contribution in [0, 0.1) is 36.3 Å².